The fourth-order valence-corrected chi connectivity index (χ4v) is 2.80. The molecule has 2 aromatic rings. The van der Waals surface area contributed by atoms with Crippen LogP contribution in [-0.4, -0.2) is 25.6 Å². The molecule has 2 N–H and O–H groups in total. The molecule has 0 aliphatic carbocycles. The van der Waals surface area contributed by atoms with Gasteiger partial charge >= 0.3 is 6.03 Å². The standard InChI is InChI=1S/C18H21N3O4/c1-24-16-8-7-13(11-15(16)21-9-3-2-6-17(21)22)20-18(23)19-12-14-5-4-10-25-14/h4-5,7-8,10-11H,2-3,6,9,12H2,1H3,(H2,19,20,23). The van der Waals surface area contributed by atoms with Crippen LogP contribution in [0.5, 0.6) is 5.75 Å². The van der Waals surface area contributed by atoms with E-state index in [4.69, 9.17) is 9.15 Å². The van der Waals surface area contributed by atoms with Crippen molar-refractivity contribution in [2.24, 2.45) is 0 Å². The van der Waals surface area contributed by atoms with Crippen LogP contribution >= 0.6 is 0 Å². The number of amides is 3. The SMILES string of the molecule is COc1ccc(NC(=O)NCc2ccco2)cc1N1CCCCC1=O. The molecule has 132 valence electrons. The molecule has 1 saturated heterocycles. The number of urea groups is 1. The minimum Gasteiger partial charge on any atom is -0.495 e. The number of carbonyl (C=O) groups is 2. The molecule has 7 heteroatoms. The van der Waals surface area contributed by atoms with Crippen molar-refractivity contribution >= 4 is 23.3 Å². The van der Waals surface area contributed by atoms with Crippen molar-refractivity contribution in [1.82, 2.24) is 5.32 Å². The van der Waals surface area contributed by atoms with Gasteiger partial charge in [0.05, 0.1) is 25.6 Å². The number of benzene rings is 1. The van der Waals surface area contributed by atoms with Gasteiger partial charge in [-0.15, -0.1) is 0 Å². The van der Waals surface area contributed by atoms with E-state index in [1.54, 1.807) is 48.6 Å². The lowest BCUT2D eigenvalue weighted by atomic mass is 10.1. The summed E-state index contributed by atoms with van der Waals surface area (Å²) in [5.74, 6) is 1.35. The Kier molecular flexibility index (Phi) is 5.23. The van der Waals surface area contributed by atoms with Gasteiger partial charge in [-0.2, -0.15) is 0 Å². The largest absolute Gasteiger partial charge is 0.495 e. The molecule has 1 aromatic carbocycles. The lowest BCUT2D eigenvalue weighted by molar-refractivity contribution is -0.119. The smallest absolute Gasteiger partial charge is 0.319 e. The molecular weight excluding hydrogens is 322 g/mol. The average Bonchev–Trinajstić information content (AvgIpc) is 3.14. The average molecular weight is 343 g/mol. The van der Waals surface area contributed by atoms with Gasteiger partial charge in [0.15, 0.2) is 0 Å². The molecule has 3 rings (SSSR count). The normalized spacial score (nSPS) is 14.3. The maximum atomic E-state index is 12.2. The predicted octanol–water partition coefficient (Wildman–Crippen LogP) is 3.13. The number of piperidine rings is 1. The lowest BCUT2D eigenvalue weighted by Crippen LogP contribution is -2.35. The topological polar surface area (TPSA) is 83.8 Å². The van der Waals surface area contributed by atoms with Crippen LogP contribution in [0.4, 0.5) is 16.2 Å². The van der Waals surface area contributed by atoms with Crippen LogP contribution in [0.15, 0.2) is 41.0 Å². The fraction of sp³-hybridized carbons (Fsp3) is 0.333. The Labute approximate surface area is 145 Å². The van der Waals surface area contributed by atoms with Gasteiger partial charge in [0, 0.05) is 18.7 Å². The maximum absolute atomic E-state index is 12.2. The minimum absolute atomic E-state index is 0.0731. The monoisotopic (exact) mass is 343 g/mol. The summed E-state index contributed by atoms with van der Waals surface area (Å²) in [7, 11) is 1.57. The van der Waals surface area contributed by atoms with E-state index in [-0.39, 0.29) is 11.9 Å². The van der Waals surface area contributed by atoms with Crippen molar-refractivity contribution in [2.75, 3.05) is 23.9 Å². The van der Waals surface area contributed by atoms with Crippen LogP contribution in [0.25, 0.3) is 0 Å². The van der Waals surface area contributed by atoms with E-state index in [0.717, 1.165) is 12.8 Å². The summed E-state index contributed by atoms with van der Waals surface area (Å²) < 4.78 is 10.5. The Hall–Kier alpha value is -2.96. The third-order valence-electron chi connectivity index (χ3n) is 4.05. The summed E-state index contributed by atoms with van der Waals surface area (Å²) in [6, 6.07) is 8.45. The number of methoxy groups -OCH3 is 1. The highest BCUT2D eigenvalue weighted by Gasteiger charge is 2.23. The number of rotatable bonds is 5. The molecule has 0 bridgehead atoms. The molecule has 2 heterocycles. The first-order valence-corrected chi connectivity index (χ1v) is 8.23. The molecule has 0 unspecified atom stereocenters. The van der Waals surface area contributed by atoms with Crippen LogP contribution in [0.1, 0.15) is 25.0 Å². The molecule has 1 aliphatic rings. The molecule has 0 saturated carbocycles. The summed E-state index contributed by atoms with van der Waals surface area (Å²) in [6.45, 7) is 0.954. The van der Waals surface area contributed by atoms with Crippen molar-refractivity contribution in [3.05, 3.63) is 42.4 Å². The molecule has 0 spiro atoms. The third-order valence-corrected chi connectivity index (χ3v) is 4.05. The number of furan rings is 1. The van der Waals surface area contributed by atoms with Gasteiger partial charge in [-0.05, 0) is 43.2 Å². The van der Waals surface area contributed by atoms with Gasteiger partial charge < -0.3 is 24.7 Å². The molecule has 0 atom stereocenters. The van der Waals surface area contributed by atoms with Gasteiger partial charge in [0.2, 0.25) is 5.91 Å². The van der Waals surface area contributed by atoms with E-state index in [1.165, 1.54) is 0 Å². The second-order valence-electron chi connectivity index (χ2n) is 5.78. The second-order valence-corrected chi connectivity index (χ2v) is 5.78. The number of ether oxygens (including phenoxy) is 1. The summed E-state index contributed by atoms with van der Waals surface area (Å²) in [4.78, 5) is 25.9. The Morgan fingerprint density at radius 3 is 2.92 bits per heavy atom. The molecule has 7 nitrogen and oxygen atoms in total. The van der Waals surface area contributed by atoms with Crippen molar-refractivity contribution in [1.29, 1.82) is 0 Å². The van der Waals surface area contributed by atoms with E-state index in [9.17, 15) is 9.59 Å². The van der Waals surface area contributed by atoms with Crippen LogP contribution in [0, 0.1) is 0 Å². The molecule has 0 radical (unpaired) electrons. The molecule has 1 aromatic heterocycles. The van der Waals surface area contributed by atoms with Gasteiger partial charge in [0.1, 0.15) is 11.5 Å². The summed E-state index contributed by atoms with van der Waals surface area (Å²) >= 11 is 0. The number of nitrogens with zero attached hydrogens (tertiary/aromatic N) is 1. The Balaban J connectivity index is 1.70. The minimum atomic E-state index is -0.350. The van der Waals surface area contributed by atoms with E-state index >= 15 is 0 Å². The van der Waals surface area contributed by atoms with Crippen LogP contribution in [0.2, 0.25) is 0 Å². The molecule has 25 heavy (non-hydrogen) atoms. The fourth-order valence-electron chi connectivity index (χ4n) is 2.80. The van der Waals surface area contributed by atoms with E-state index in [1.807, 2.05) is 0 Å². The number of carbonyl (C=O) groups excluding carboxylic acids is 2. The predicted molar refractivity (Wildman–Crippen MR) is 93.8 cm³/mol. The Morgan fingerprint density at radius 2 is 2.20 bits per heavy atom. The number of hydrogen-bond donors (Lipinski definition) is 2. The molecule has 3 amide bonds. The first kappa shape index (κ1) is 16.9. The van der Waals surface area contributed by atoms with Gasteiger partial charge in [0.25, 0.3) is 0 Å². The number of nitrogens with one attached hydrogen (secondary N) is 2. The van der Waals surface area contributed by atoms with Gasteiger partial charge in [-0.25, -0.2) is 4.79 Å². The maximum Gasteiger partial charge on any atom is 0.319 e. The number of anilines is 2. The first-order chi connectivity index (χ1) is 12.2. The summed E-state index contributed by atoms with van der Waals surface area (Å²) in [5, 5.41) is 5.48. The van der Waals surface area contributed by atoms with Crippen molar-refractivity contribution in [2.45, 2.75) is 25.8 Å². The van der Waals surface area contributed by atoms with Crippen molar-refractivity contribution < 1.29 is 18.7 Å². The van der Waals surface area contributed by atoms with Crippen molar-refractivity contribution in [3.8, 4) is 5.75 Å². The Bertz CT molecular complexity index is 743. The van der Waals surface area contributed by atoms with Crippen LogP contribution in [0.3, 0.4) is 0 Å². The van der Waals surface area contributed by atoms with Crippen LogP contribution in [-0.2, 0) is 11.3 Å². The lowest BCUT2D eigenvalue weighted by Gasteiger charge is -2.28. The Morgan fingerprint density at radius 1 is 1.32 bits per heavy atom. The zero-order chi connectivity index (χ0) is 17.6. The van der Waals surface area contributed by atoms with Crippen LogP contribution < -0.4 is 20.3 Å². The number of hydrogen-bond acceptors (Lipinski definition) is 4. The molecule has 1 aliphatic heterocycles. The third kappa shape index (κ3) is 4.12. The van der Waals surface area contributed by atoms with E-state index in [0.29, 0.717) is 42.4 Å². The highest BCUT2D eigenvalue weighted by molar-refractivity contribution is 5.97. The molecule has 1 fully saturated rings. The van der Waals surface area contributed by atoms with Gasteiger partial charge in [-0.1, -0.05) is 0 Å². The van der Waals surface area contributed by atoms with E-state index < -0.39 is 0 Å². The molecular formula is C18H21N3O4. The highest BCUT2D eigenvalue weighted by Crippen LogP contribution is 2.33. The second kappa shape index (κ2) is 7.74. The highest BCUT2D eigenvalue weighted by atomic mass is 16.5. The summed E-state index contributed by atoms with van der Waals surface area (Å²) in [6.07, 6.45) is 3.95. The van der Waals surface area contributed by atoms with Gasteiger partial charge in [-0.3, -0.25) is 4.79 Å². The summed E-state index contributed by atoms with van der Waals surface area (Å²) in [5.41, 5.74) is 1.27. The van der Waals surface area contributed by atoms with E-state index in [2.05, 4.69) is 10.6 Å². The zero-order valence-corrected chi connectivity index (χ0v) is 14.1. The first-order valence-electron chi connectivity index (χ1n) is 8.23. The zero-order valence-electron chi connectivity index (χ0n) is 14.1. The quantitative estimate of drug-likeness (QED) is 0.874. The van der Waals surface area contributed by atoms with Crippen molar-refractivity contribution in [3.63, 3.8) is 0 Å².